The van der Waals surface area contributed by atoms with Gasteiger partial charge in [0.25, 0.3) is 5.91 Å². The summed E-state index contributed by atoms with van der Waals surface area (Å²) in [5.74, 6) is 0.521. The standard InChI is InChI=1S/C18H20N4O3/c1-11-7-14(25-20-11)8-13-9-22(10-16(13)23)18(24)15-4-3-12-5-6-21(2)17(12)19-15/h3-7,13,16,23H,8-10H2,1-2H3/t13-,16+/m1/s1. The molecule has 0 aliphatic carbocycles. The number of aliphatic hydroxyl groups is 1. The van der Waals surface area contributed by atoms with Crippen LogP contribution in [-0.2, 0) is 13.5 Å². The van der Waals surface area contributed by atoms with E-state index in [0.29, 0.717) is 25.2 Å². The van der Waals surface area contributed by atoms with Crippen molar-refractivity contribution in [1.29, 1.82) is 0 Å². The maximum absolute atomic E-state index is 12.8. The van der Waals surface area contributed by atoms with E-state index in [1.165, 1.54) is 0 Å². The zero-order valence-electron chi connectivity index (χ0n) is 14.2. The molecule has 0 unspecified atom stereocenters. The van der Waals surface area contributed by atoms with Crippen LogP contribution in [0, 0.1) is 12.8 Å². The Kier molecular flexibility index (Phi) is 3.80. The van der Waals surface area contributed by atoms with Gasteiger partial charge >= 0.3 is 0 Å². The molecule has 2 atom stereocenters. The molecule has 0 saturated carbocycles. The molecule has 0 radical (unpaired) electrons. The van der Waals surface area contributed by atoms with Crippen LogP contribution in [0.3, 0.4) is 0 Å². The van der Waals surface area contributed by atoms with Crippen molar-refractivity contribution in [3.63, 3.8) is 0 Å². The largest absolute Gasteiger partial charge is 0.391 e. The lowest BCUT2D eigenvalue weighted by molar-refractivity contribution is 0.0759. The summed E-state index contributed by atoms with van der Waals surface area (Å²) >= 11 is 0. The second-order valence-electron chi connectivity index (χ2n) is 6.71. The van der Waals surface area contributed by atoms with Crippen LogP contribution in [0.25, 0.3) is 11.0 Å². The summed E-state index contributed by atoms with van der Waals surface area (Å²) in [5, 5.41) is 15.2. The van der Waals surface area contributed by atoms with Crippen molar-refractivity contribution in [1.82, 2.24) is 19.6 Å². The second-order valence-corrected chi connectivity index (χ2v) is 6.71. The Morgan fingerprint density at radius 3 is 2.96 bits per heavy atom. The third kappa shape index (κ3) is 2.91. The van der Waals surface area contributed by atoms with Gasteiger partial charge in [-0.25, -0.2) is 4.98 Å². The van der Waals surface area contributed by atoms with Gasteiger partial charge in [0, 0.05) is 50.1 Å². The highest BCUT2D eigenvalue weighted by atomic mass is 16.5. The zero-order chi connectivity index (χ0) is 17.6. The number of carbonyl (C=O) groups is 1. The van der Waals surface area contributed by atoms with E-state index < -0.39 is 6.10 Å². The summed E-state index contributed by atoms with van der Waals surface area (Å²) in [7, 11) is 1.90. The number of hydrogen-bond donors (Lipinski definition) is 1. The average molecular weight is 340 g/mol. The van der Waals surface area contributed by atoms with E-state index in [0.717, 1.165) is 22.5 Å². The predicted octanol–water partition coefficient (Wildman–Crippen LogP) is 1.55. The molecule has 1 fully saturated rings. The molecule has 1 saturated heterocycles. The van der Waals surface area contributed by atoms with Crippen LogP contribution < -0.4 is 0 Å². The van der Waals surface area contributed by atoms with Gasteiger partial charge in [0.2, 0.25) is 0 Å². The first-order valence-corrected chi connectivity index (χ1v) is 8.33. The van der Waals surface area contributed by atoms with E-state index in [-0.39, 0.29) is 11.8 Å². The van der Waals surface area contributed by atoms with E-state index in [1.807, 2.05) is 42.9 Å². The number of hydrogen-bond acceptors (Lipinski definition) is 5. The quantitative estimate of drug-likeness (QED) is 0.782. The first kappa shape index (κ1) is 15.8. The fraction of sp³-hybridized carbons (Fsp3) is 0.389. The highest BCUT2D eigenvalue weighted by molar-refractivity contribution is 5.94. The smallest absolute Gasteiger partial charge is 0.272 e. The Hall–Kier alpha value is -2.67. The summed E-state index contributed by atoms with van der Waals surface area (Å²) in [6.45, 7) is 2.65. The fourth-order valence-electron chi connectivity index (χ4n) is 3.41. The zero-order valence-corrected chi connectivity index (χ0v) is 14.2. The first-order chi connectivity index (χ1) is 12.0. The van der Waals surface area contributed by atoms with Crippen LogP contribution in [0.1, 0.15) is 21.9 Å². The van der Waals surface area contributed by atoms with Crippen molar-refractivity contribution in [3.8, 4) is 0 Å². The molecular formula is C18H20N4O3. The van der Waals surface area contributed by atoms with E-state index in [9.17, 15) is 9.90 Å². The number of aliphatic hydroxyl groups excluding tert-OH is 1. The maximum atomic E-state index is 12.8. The van der Waals surface area contributed by atoms with E-state index in [1.54, 1.807) is 11.0 Å². The molecular weight excluding hydrogens is 320 g/mol. The van der Waals surface area contributed by atoms with Gasteiger partial charge in [-0.3, -0.25) is 4.79 Å². The Bertz CT molecular complexity index is 929. The van der Waals surface area contributed by atoms with E-state index in [2.05, 4.69) is 10.1 Å². The van der Waals surface area contributed by atoms with Crippen molar-refractivity contribution in [2.45, 2.75) is 19.4 Å². The highest BCUT2D eigenvalue weighted by Gasteiger charge is 2.35. The van der Waals surface area contributed by atoms with Crippen molar-refractivity contribution < 1.29 is 14.4 Å². The number of rotatable bonds is 3. The van der Waals surface area contributed by atoms with Gasteiger partial charge < -0.3 is 19.1 Å². The van der Waals surface area contributed by atoms with Gasteiger partial charge in [0.1, 0.15) is 17.1 Å². The van der Waals surface area contributed by atoms with Gasteiger partial charge in [0.15, 0.2) is 0 Å². The number of amides is 1. The third-order valence-corrected chi connectivity index (χ3v) is 4.77. The monoisotopic (exact) mass is 340 g/mol. The molecule has 1 amide bonds. The Morgan fingerprint density at radius 1 is 1.36 bits per heavy atom. The number of aryl methyl sites for hydroxylation is 2. The molecule has 0 bridgehead atoms. The minimum absolute atomic E-state index is 0.0601. The molecule has 7 heteroatoms. The summed E-state index contributed by atoms with van der Waals surface area (Å²) in [5.41, 5.74) is 1.99. The molecule has 130 valence electrons. The third-order valence-electron chi connectivity index (χ3n) is 4.77. The van der Waals surface area contributed by atoms with Gasteiger partial charge in [0.05, 0.1) is 11.8 Å². The van der Waals surface area contributed by atoms with Crippen LogP contribution in [0.4, 0.5) is 0 Å². The van der Waals surface area contributed by atoms with Gasteiger partial charge in [-0.1, -0.05) is 5.16 Å². The van der Waals surface area contributed by atoms with E-state index in [4.69, 9.17) is 4.52 Å². The lowest BCUT2D eigenvalue weighted by atomic mass is 10.0. The van der Waals surface area contributed by atoms with Crippen molar-refractivity contribution >= 4 is 16.9 Å². The molecule has 4 heterocycles. The minimum atomic E-state index is -0.576. The number of β-amino-alcohol motifs (C(OH)–C–C–N with tert-alkyl or cyclic N) is 1. The molecule has 1 aliphatic heterocycles. The number of fused-ring (bicyclic) bond motifs is 1. The van der Waals surface area contributed by atoms with Crippen LogP contribution in [0.15, 0.2) is 35.0 Å². The minimum Gasteiger partial charge on any atom is -0.391 e. The number of pyridine rings is 1. The molecule has 0 aromatic carbocycles. The molecule has 7 nitrogen and oxygen atoms in total. The maximum Gasteiger partial charge on any atom is 0.272 e. The summed E-state index contributed by atoms with van der Waals surface area (Å²) in [4.78, 5) is 18.9. The lowest BCUT2D eigenvalue weighted by Gasteiger charge is -2.15. The van der Waals surface area contributed by atoms with Crippen LogP contribution >= 0.6 is 0 Å². The van der Waals surface area contributed by atoms with Gasteiger partial charge in [-0.05, 0) is 25.1 Å². The van der Waals surface area contributed by atoms with E-state index >= 15 is 0 Å². The van der Waals surface area contributed by atoms with Crippen molar-refractivity contribution in [3.05, 3.63) is 47.6 Å². The normalized spacial score (nSPS) is 20.5. The number of likely N-dealkylation sites (tertiary alicyclic amines) is 1. The molecule has 0 spiro atoms. The summed E-state index contributed by atoms with van der Waals surface area (Å²) in [6, 6.07) is 7.47. The number of aromatic nitrogens is 3. The van der Waals surface area contributed by atoms with Gasteiger partial charge in [-0.2, -0.15) is 0 Å². The predicted molar refractivity (Wildman–Crippen MR) is 91.1 cm³/mol. The Labute approximate surface area is 144 Å². The first-order valence-electron chi connectivity index (χ1n) is 8.33. The summed E-state index contributed by atoms with van der Waals surface area (Å²) < 4.78 is 7.12. The average Bonchev–Trinajstić information content (AvgIpc) is 3.28. The van der Waals surface area contributed by atoms with Gasteiger partial charge in [-0.15, -0.1) is 0 Å². The van der Waals surface area contributed by atoms with Crippen LogP contribution in [0.2, 0.25) is 0 Å². The number of carbonyl (C=O) groups excluding carboxylic acids is 1. The molecule has 3 aromatic rings. The molecule has 25 heavy (non-hydrogen) atoms. The van der Waals surface area contributed by atoms with Crippen LogP contribution in [0.5, 0.6) is 0 Å². The number of nitrogens with zero attached hydrogens (tertiary/aromatic N) is 4. The topological polar surface area (TPSA) is 84.4 Å². The molecule has 1 aliphatic rings. The molecule has 4 rings (SSSR count). The Balaban J connectivity index is 1.51. The molecule has 1 N–H and O–H groups in total. The fourth-order valence-corrected chi connectivity index (χ4v) is 3.41. The SMILES string of the molecule is Cc1cc(C[C@@H]2CN(C(=O)c3ccc4ccn(C)c4n3)C[C@@H]2O)on1. The lowest BCUT2D eigenvalue weighted by Crippen LogP contribution is -2.30. The van der Waals surface area contributed by atoms with Crippen LogP contribution in [-0.4, -0.2) is 49.8 Å². The highest BCUT2D eigenvalue weighted by Crippen LogP contribution is 2.24. The summed E-state index contributed by atoms with van der Waals surface area (Å²) in [6.07, 6.45) is 1.91. The van der Waals surface area contributed by atoms with Crippen molar-refractivity contribution in [2.75, 3.05) is 13.1 Å². The van der Waals surface area contributed by atoms with Crippen molar-refractivity contribution in [2.24, 2.45) is 13.0 Å². The second kappa shape index (κ2) is 6.00. The molecule has 3 aromatic heterocycles. The Morgan fingerprint density at radius 2 is 2.20 bits per heavy atom.